The van der Waals surface area contributed by atoms with Crippen LogP contribution in [-0.2, 0) is 14.3 Å². The molecule has 0 aliphatic carbocycles. The molecule has 0 fully saturated rings. The molecule has 1 atom stereocenters. The van der Waals surface area contributed by atoms with E-state index in [0.29, 0.717) is 19.8 Å². The predicted molar refractivity (Wildman–Crippen MR) is 64.7 cm³/mol. The molecule has 0 aliphatic rings. The summed E-state index contributed by atoms with van der Waals surface area (Å²) in [5.74, 6) is -1.28. The first-order valence-corrected chi connectivity index (χ1v) is 5.92. The third-order valence-corrected chi connectivity index (χ3v) is 3.06. The highest BCUT2D eigenvalue weighted by atomic mass is 16.5. The van der Waals surface area contributed by atoms with Gasteiger partial charge >= 0.3 is 5.97 Å². The lowest BCUT2D eigenvalue weighted by Gasteiger charge is -2.28. The summed E-state index contributed by atoms with van der Waals surface area (Å²) in [6.45, 7) is 8.57. The first kappa shape index (κ1) is 15.9. The van der Waals surface area contributed by atoms with Crippen molar-refractivity contribution in [2.24, 2.45) is 11.3 Å². The highest BCUT2D eigenvalue weighted by Crippen LogP contribution is 2.31. The van der Waals surface area contributed by atoms with Crippen LogP contribution in [0.5, 0.6) is 0 Å². The first-order chi connectivity index (χ1) is 7.84. The van der Waals surface area contributed by atoms with Gasteiger partial charge in [0.05, 0.1) is 12.0 Å². The zero-order valence-corrected chi connectivity index (χ0v) is 11.1. The van der Waals surface area contributed by atoms with Crippen LogP contribution in [0, 0.1) is 11.3 Å². The Labute approximate surface area is 103 Å². The Morgan fingerprint density at radius 1 is 1.41 bits per heavy atom. The summed E-state index contributed by atoms with van der Waals surface area (Å²) in [7, 11) is 0. The average molecular weight is 245 g/mol. The molecule has 1 amide bonds. The second kappa shape index (κ2) is 7.27. The van der Waals surface area contributed by atoms with Gasteiger partial charge in [-0.2, -0.15) is 0 Å². The van der Waals surface area contributed by atoms with Crippen molar-refractivity contribution in [1.29, 1.82) is 0 Å². The van der Waals surface area contributed by atoms with Gasteiger partial charge in [0.1, 0.15) is 0 Å². The quantitative estimate of drug-likeness (QED) is 0.632. The number of carbonyl (C=O) groups is 2. The number of hydrogen-bond acceptors (Lipinski definition) is 3. The predicted octanol–water partition coefficient (Wildman–Crippen LogP) is 1.28. The van der Waals surface area contributed by atoms with E-state index in [-0.39, 0.29) is 18.2 Å². The number of amides is 1. The number of nitrogens with one attached hydrogen (secondary N) is 1. The van der Waals surface area contributed by atoms with E-state index in [9.17, 15) is 9.59 Å². The molecule has 0 spiro atoms. The van der Waals surface area contributed by atoms with Crippen molar-refractivity contribution in [2.75, 3.05) is 19.8 Å². The van der Waals surface area contributed by atoms with E-state index in [2.05, 4.69) is 5.32 Å². The van der Waals surface area contributed by atoms with Gasteiger partial charge < -0.3 is 15.2 Å². The van der Waals surface area contributed by atoms with Gasteiger partial charge in [-0.1, -0.05) is 13.8 Å². The van der Waals surface area contributed by atoms with E-state index in [4.69, 9.17) is 9.84 Å². The number of ether oxygens (including phenoxy) is 1. The van der Waals surface area contributed by atoms with E-state index in [0.717, 1.165) is 0 Å². The molecule has 100 valence electrons. The lowest BCUT2D eigenvalue weighted by Crippen LogP contribution is -2.39. The zero-order valence-electron chi connectivity index (χ0n) is 11.1. The molecule has 0 aromatic heterocycles. The summed E-state index contributed by atoms with van der Waals surface area (Å²) < 4.78 is 5.08. The van der Waals surface area contributed by atoms with Gasteiger partial charge in [-0.15, -0.1) is 0 Å². The third-order valence-electron chi connectivity index (χ3n) is 3.06. The molecule has 0 rings (SSSR count). The largest absolute Gasteiger partial charge is 0.481 e. The summed E-state index contributed by atoms with van der Waals surface area (Å²) in [6.07, 6.45) is -0.00781. The van der Waals surface area contributed by atoms with Crippen LogP contribution in [0.1, 0.15) is 34.1 Å². The molecule has 0 heterocycles. The Hall–Kier alpha value is -1.10. The molecule has 0 radical (unpaired) electrons. The van der Waals surface area contributed by atoms with Gasteiger partial charge in [0.2, 0.25) is 5.91 Å². The minimum atomic E-state index is -1.02. The standard InChI is InChI=1S/C12H23NO4/c1-5-17-7-6-13-10(14)8-12(4,9(2)3)11(15)16/h9H,5-8H2,1-4H3,(H,13,14)(H,15,16). The van der Waals surface area contributed by atoms with Crippen LogP contribution in [0.25, 0.3) is 0 Å². The molecule has 0 aliphatic heterocycles. The number of hydrogen-bond donors (Lipinski definition) is 2. The van der Waals surface area contributed by atoms with Gasteiger partial charge in [-0.05, 0) is 19.8 Å². The summed E-state index contributed by atoms with van der Waals surface area (Å²) in [5, 5.41) is 11.8. The first-order valence-electron chi connectivity index (χ1n) is 5.92. The SMILES string of the molecule is CCOCCNC(=O)CC(C)(C(=O)O)C(C)C. The van der Waals surface area contributed by atoms with Crippen molar-refractivity contribution in [3.8, 4) is 0 Å². The molecule has 2 N–H and O–H groups in total. The fourth-order valence-electron chi connectivity index (χ4n) is 1.33. The molecular formula is C12H23NO4. The summed E-state index contributed by atoms with van der Waals surface area (Å²) in [6, 6.07) is 0. The normalized spacial score (nSPS) is 14.4. The maximum atomic E-state index is 11.6. The molecule has 0 aromatic carbocycles. The Morgan fingerprint density at radius 2 is 2.00 bits per heavy atom. The molecular weight excluding hydrogens is 222 g/mol. The van der Waals surface area contributed by atoms with E-state index >= 15 is 0 Å². The van der Waals surface area contributed by atoms with Gasteiger partial charge in [-0.3, -0.25) is 9.59 Å². The summed E-state index contributed by atoms with van der Waals surface area (Å²) in [4.78, 5) is 22.8. The summed E-state index contributed by atoms with van der Waals surface area (Å²) >= 11 is 0. The van der Waals surface area contributed by atoms with Crippen molar-refractivity contribution in [1.82, 2.24) is 5.32 Å². The van der Waals surface area contributed by atoms with E-state index in [1.165, 1.54) is 0 Å². The number of aliphatic carboxylic acids is 1. The van der Waals surface area contributed by atoms with Gasteiger partial charge in [-0.25, -0.2) is 0 Å². The molecule has 5 heteroatoms. The highest BCUT2D eigenvalue weighted by molar-refractivity contribution is 5.84. The lowest BCUT2D eigenvalue weighted by atomic mass is 9.76. The topological polar surface area (TPSA) is 75.6 Å². The molecule has 0 saturated carbocycles. The van der Waals surface area contributed by atoms with Gasteiger partial charge in [0.25, 0.3) is 0 Å². The van der Waals surface area contributed by atoms with Crippen LogP contribution >= 0.6 is 0 Å². The van der Waals surface area contributed by atoms with Gasteiger partial charge in [0.15, 0.2) is 0 Å². The molecule has 0 aromatic rings. The Balaban J connectivity index is 4.20. The number of carboxylic acids is 1. The van der Waals surface area contributed by atoms with Crippen LogP contribution < -0.4 is 5.32 Å². The smallest absolute Gasteiger partial charge is 0.310 e. The molecule has 1 unspecified atom stereocenters. The maximum absolute atomic E-state index is 11.6. The van der Waals surface area contributed by atoms with Crippen molar-refractivity contribution in [3.63, 3.8) is 0 Å². The van der Waals surface area contributed by atoms with E-state index in [1.54, 1.807) is 6.92 Å². The molecule has 17 heavy (non-hydrogen) atoms. The molecule has 0 bridgehead atoms. The summed E-state index contributed by atoms with van der Waals surface area (Å²) in [5.41, 5.74) is -1.02. The molecule has 0 saturated heterocycles. The number of carboxylic acid groups (broad SMARTS) is 1. The van der Waals surface area contributed by atoms with Gasteiger partial charge in [0, 0.05) is 19.6 Å². The molecule has 5 nitrogen and oxygen atoms in total. The van der Waals surface area contributed by atoms with E-state index < -0.39 is 11.4 Å². The zero-order chi connectivity index (χ0) is 13.5. The van der Waals surface area contributed by atoms with Crippen LogP contribution in [0.15, 0.2) is 0 Å². The fourth-order valence-corrected chi connectivity index (χ4v) is 1.33. The van der Waals surface area contributed by atoms with Crippen LogP contribution in [0.3, 0.4) is 0 Å². The van der Waals surface area contributed by atoms with Crippen LogP contribution in [0.2, 0.25) is 0 Å². The Bertz CT molecular complexity index is 265. The fraction of sp³-hybridized carbons (Fsp3) is 0.833. The van der Waals surface area contributed by atoms with Crippen LogP contribution in [-0.4, -0.2) is 36.7 Å². The monoisotopic (exact) mass is 245 g/mol. The van der Waals surface area contributed by atoms with Crippen molar-refractivity contribution in [2.45, 2.75) is 34.1 Å². The highest BCUT2D eigenvalue weighted by Gasteiger charge is 2.38. The Morgan fingerprint density at radius 3 is 2.41 bits per heavy atom. The van der Waals surface area contributed by atoms with E-state index in [1.807, 2.05) is 20.8 Å². The maximum Gasteiger partial charge on any atom is 0.310 e. The second-order valence-electron chi connectivity index (χ2n) is 4.60. The van der Waals surface area contributed by atoms with Crippen molar-refractivity contribution < 1.29 is 19.4 Å². The second-order valence-corrected chi connectivity index (χ2v) is 4.60. The average Bonchev–Trinajstić information content (AvgIpc) is 2.23. The van der Waals surface area contributed by atoms with Crippen molar-refractivity contribution in [3.05, 3.63) is 0 Å². The third kappa shape index (κ3) is 5.17. The number of carbonyl (C=O) groups excluding carboxylic acids is 1. The number of rotatable bonds is 8. The van der Waals surface area contributed by atoms with Crippen molar-refractivity contribution >= 4 is 11.9 Å². The lowest BCUT2D eigenvalue weighted by molar-refractivity contribution is -0.153. The van der Waals surface area contributed by atoms with Crippen LogP contribution in [0.4, 0.5) is 0 Å². The minimum absolute atomic E-state index is 0.00781. The minimum Gasteiger partial charge on any atom is -0.481 e. The Kier molecular flexibility index (Phi) is 6.80.